The average Bonchev–Trinajstić information content (AvgIpc) is 2.06. The maximum atomic E-state index is 11.4. The molecule has 1 saturated heterocycles. The normalized spacial score (nSPS) is 16.6. The molecule has 0 aromatic carbocycles. The van der Waals surface area contributed by atoms with E-state index in [2.05, 4.69) is 5.32 Å². The standard InChI is InChI=1S/C10H19N3O3/c1-10(2,3)16-9(15)12-4-8(14)13-5-7(11)6-13/h7H,4-6,11H2,1-3H3,(H,12,15). The van der Waals surface area contributed by atoms with E-state index in [9.17, 15) is 9.59 Å². The molecule has 0 bridgehead atoms. The van der Waals surface area contributed by atoms with Crippen LogP contribution in [0.2, 0.25) is 0 Å². The van der Waals surface area contributed by atoms with Gasteiger partial charge in [0.15, 0.2) is 0 Å². The maximum absolute atomic E-state index is 11.4. The summed E-state index contributed by atoms with van der Waals surface area (Å²) in [4.78, 5) is 24.3. The van der Waals surface area contributed by atoms with E-state index in [4.69, 9.17) is 10.5 Å². The van der Waals surface area contributed by atoms with Crippen LogP contribution in [0.1, 0.15) is 20.8 Å². The molecule has 6 heteroatoms. The largest absolute Gasteiger partial charge is 0.444 e. The highest BCUT2D eigenvalue weighted by molar-refractivity contribution is 5.83. The number of rotatable bonds is 2. The molecule has 92 valence electrons. The molecule has 0 aromatic rings. The summed E-state index contributed by atoms with van der Waals surface area (Å²) < 4.78 is 5.00. The van der Waals surface area contributed by atoms with Crippen molar-refractivity contribution in [3.63, 3.8) is 0 Å². The van der Waals surface area contributed by atoms with Gasteiger partial charge >= 0.3 is 6.09 Å². The van der Waals surface area contributed by atoms with Gasteiger partial charge in [-0.15, -0.1) is 0 Å². The fraction of sp³-hybridized carbons (Fsp3) is 0.800. The zero-order chi connectivity index (χ0) is 12.3. The lowest BCUT2D eigenvalue weighted by molar-refractivity contribution is -0.134. The van der Waals surface area contributed by atoms with Crippen molar-refractivity contribution in [2.24, 2.45) is 5.73 Å². The first-order chi connectivity index (χ1) is 7.28. The molecule has 0 aliphatic carbocycles. The fourth-order valence-corrected chi connectivity index (χ4v) is 1.29. The van der Waals surface area contributed by atoms with Crippen LogP contribution in [-0.4, -0.2) is 48.2 Å². The van der Waals surface area contributed by atoms with Gasteiger partial charge in [-0.25, -0.2) is 4.79 Å². The first-order valence-corrected chi connectivity index (χ1v) is 5.28. The lowest BCUT2D eigenvalue weighted by Gasteiger charge is -2.36. The summed E-state index contributed by atoms with van der Waals surface area (Å²) in [6.07, 6.45) is -0.578. The first kappa shape index (κ1) is 12.8. The molecular weight excluding hydrogens is 210 g/mol. The molecular formula is C10H19N3O3. The van der Waals surface area contributed by atoms with Gasteiger partial charge in [0, 0.05) is 19.1 Å². The Hall–Kier alpha value is -1.30. The van der Waals surface area contributed by atoms with Crippen LogP contribution in [0.15, 0.2) is 0 Å². The molecule has 2 amide bonds. The van der Waals surface area contributed by atoms with Gasteiger partial charge in [0.2, 0.25) is 5.91 Å². The highest BCUT2D eigenvalue weighted by Crippen LogP contribution is 2.07. The quantitative estimate of drug-likeness (QED) is 0.679. The minimum absolute atomic E-state index is 0.0400. The molecule has 3 N–H and O–H groups in total. The molecule has 0 atom stereocenters. The zero-order valence-corrected chi connectivity index (χ0v) is 9.95. The van der Waals surface area contributed by atoms with Crippen molar-refractivity contribution >= 4 is 12.0 Å². The van der Waals surface area contributed by atoms with Crippen LogP contribution in [0.5, 0.6) is 0 Å². The van der Waals surface area contributed by atoms with Crippen molar-refractivity contribution in [3.8, 4) is 0 Å². The van der Waals surface area contributed by atoms with Gasteiger partial charge < -0.3 is 20.7 Å². The Balaban J connectivity index is 2.19. The number of nitrogens with two attached hydrogens (primary N) is 1. The Kier molecular flexibility index (Phi) is 3.74. The second kappa shape index (κ2) is 4.69. The average molecular weight is 229 g/mol. The monoisotopic (exact) mass is 229 g/mol. The molecule has 1 rings (SSSR count). The van der Waals surface area contributed by atoms with Crippen molar-refractivity contribution in [1.29, 1.82) is 0 Å². The van der Waals surface area contributed by atoms with Gasteiger partial charge in [0.25, 0.3) is 0 Å². The van der Waals surface area contributed by atoms with Gasteiger partial charge in [-0.05, 0) is 20.8 Å². The number of amides is 2. The first-order valence-electron chi connectivity index (χ1n) is 5.28. The lowest BCUT2D eigenvalue weighted by Crippen LogP contribution is -2.59. The highest BCUT2D eigenvalue weighted by Gasteiger charge is 2.27. The summed E-state index contributed by atoms with van der Waals surface area (Å²) in [6, 6.07) is 0.0745. The van der Waals surface area contributed by atoms with Crippen LogP contribution in [0.25, 0.3) is 0 Å². The maximum Gasteiger partial charge on any atom is 0.408 e. The molecule has 0 saturated carbocycles. The van der Waals surface area contributed by atoms with Crippen LogP contribution >= 0.6 is 0 Å². The van der Waals surface area contributed by atoms with E-state index in [0.29, 0.717) is 13.1 Å². The van der Waals surface area contributed by atoms with Crippen LogP contribution < -0.4 is 11.1 Å². The highest BCUT2D eigenvalue weighted by atomic mass is 16.6. The number of hydrogen-bond acceptors (Lipinski definition) is 4. The molecule has 16 heavy (non-hydrogen) atoms. The molecule has 0 unspecified atom stereocenters. The van der Waals surface area contributed by atoms with Crippen molar-refractivity contribution in [1.82, 2.24) is 10.2 Å². The SMILES string of the molecule is CC(C)(C)OC(=O)NCC(=O)N1CC(N)C1. The van der Waals surface area contributed by atoms with Crippen molar-refractivity contribution in [2.75, 3.05) is 19.6 Å². The van der Waals surface area contributed by atoms with Crippen molar-refractivity contribution in [2.45, 2.75) is 32.4 Å². The van der Waals surface area contributed by atoms with E-state index in [1.165, 1.54) is 0 Å². The third-order valence-electron chi connectivity index (χ3n) is 2.05. The number of nitrogens with one attached hydrogen (secondary N) is 1. The van der Waals surface area contributed by atoms with Gasteiger partial charge in [-0.3, -0.25) is 4.79 Å². The number of alkyl carbamates (subject to hydrolysis) is 1. The van der Waals surface area contributed by atoms with E-state index >= 15 is 0 Å². The predicted molar refractivity (Wildman–Crippen MR) is 58.8 cm³/mol. The molecule has 1 aliphatic heterocycles. The number of carbonyl (C=O) groups is 2. The van der Waals surface area contributed by atoms with E-state index in [1.54, 1.807) is 25.7 Å². The van der Waals surface area contributed by atoms with Gasteiger partial charge in [0.05, 0.1) is 0 Å². The molecule has 6 nitrogen and oxygen atoms in total. The summed E-state index contributed by atoms with van der Waals surface area (Å²) in [6.45, 7) is 6.39. The fourth-order valence-electron chi connectivity index (χ4n) is 1.29. The molecule has 1 heterocycles. The Labute approximate surface area is 95.1 Å². The number of ether oxygens (including phenoxy) is 1. The summed E-state index contributed by atoms with van der Waals surface area (Å²) in [7, 11) is 0. The number of carbonyl (C=O) groups excluding carboxylic acids is 2. The predicted octanol–water partition coefficient (Wildman–Crippen LogP) is -0.319. The number of nitrogens with zero attached hydrogens (tertiary/aromatic N) is 1. The number of hydrogen-bond donors (Lipinski definition) is 2. The Bertz CT molecular complexity index is 280. The van der Waals surface area contributed by atoms with Crippen LogP contribution in [-0.2, 0) is 9.53 Å². The van der Waals surface area contributed by atoms with Gasteiger partial charge in [-0.1, -0.05) is 0 Å². The molecule has 0 aromatic heterocycles. The van der Waals surface area contributed by atoms with E-state index in [0.717, 1.165) is 0 Å². The van der Waals surface area contributed by atoms with Crippen LogP contribution in [0.3, 0.4) is 0 Å². The summed E-state index contributed by atoms with van der Waals surface area (Å²) >= 11 is 0. The van der Waals surface area contributed by atoms with Crippen molar-refractivity contribution in [3.05, 3.63) is 0 Å². The minimum Gasteiger partial charge on any atom is -0.444 e. The Morgan fingerprint density at radius 3 is 2.44 bits per heavy atom. The summed E-state index contributed by atoms with van der Waals surface area (Å²) in [5, 5.41) is 2.41. The third-order valence-corrected chi connectivity index (χ3v) is 2.05. The molecule has 0 radical (unpaired) electrons. The van der Waals surface area contributed by atoms with Crippen molar-refractivity contribution < 1.29 is 14.3 Å². The second-order valence-corrected chi connectivity index (χ2v) is 4.91. The molecule has 1 fully saturated rings. The van der Waals surface area contributed by atoms with E-state index in [-0.39, 0.29) is 18.5 Å². The van der Waals surface area contributed by atoms with Gasteiger partial charge in [-0.2, -0.15) is 0 Å². The summed E-state index contributed by atoms with van der Waals surface area (Å²) in [5.41, 5.74) is 4.99. The van der Waals surface area contributed by atoms with E-state index < -0.39 is 11.7 Å². The third kappa shape index (κ3) is 4.06. The second-order valence-electron chi connectivity index (χ2n) is 4.91. The topological polar surface area (TPSA) is 84.7 Å². The Morgan fingerprint density at radius 1 is 1.44 bits per heavy atom. The lowest BCUT2D eigenvalue weighted by atomic mass is 10.1. The number of likely N-dealkylation sites (tertiary alicyclic amines) is 1. The van der Waals surface area contributed by atoms with E-state index in [1.807, 2.05) is 0 Å². The minimum atomic E-state index is -0.578. The molecule has 0 spiro atoms. The smallest absolute Gasteiger partial charge is 0.408 e. The zero-order valence-electron chi connectivity index (χ0n) is 9.95. The summed E-state index contributed by atoms with van der Waals surface area (Å²) in [5.74, 6) is -0.132. The Morgan fingerprint density at radius 2 is 2.00 bits per heavy atom. The van der Waals surface area contributed by atoms with Crippen LogP contribution in [0.4, 0.5) is 4.79 Å². The van der Waals surface area contributed by atoms with Crippen LogP contribution in [0, 0.1) is 0 Å². The van der Waals surface area contributed by atoms with Gasteiger partial charge in [0.1, 0.15) is 12.1 Å². The molecule has 1 aliphatic rings.